The molecule has 2 bridgehead atoms. The first-order chi connectivity index (χ1) is 15.8. The predicted molar refractivity (Wildman–Crippen MR) is 112 cm³/mol. The van der Waals surface area contributed by atoms with Crippen LogP contribution in [0.15, 0.2) is 55.0 Å². The first kappa shape index (κ1) is 21.3. The number of carbonyl (C=O) groups excluding carboxylic acids is 1. The number of hydrogen-bond acceptors (Lipinski definition) is 5. The van der Waals surface area contributed by atoms with E-state index in [4.69, 9.17) is 0 Å². The maximum atomic E-state index is 14.7. The van der Waals surface area contributed by atoms with E-state index in [9.17, 15) is 22.4 Å². The van der Waals surface area contributed by atoms with Gasteiger partial charge < -0.3 is 10.2 Å². The van der Waals surface area contributed by atoms with Gasteiger partial charge in [-0.25, -0.2) is 19.3 Å². The van der Waals surface area contributed by atoms with Crippen molar-refractivity contribution >= 4 is 11.7 Å². The van der Waals surface area contributed by atoms with Crippen LogP contribution in [0, 0.1) is 11.7 Å². The van der Waals surface area contributed by atoms with E-state index in [1.807, 2.05) is 0 Å². The summed E-state index contributed by atoms with van der Waals surface area (Å²) in [6.45, 7) is 0.535. The molecule has 1 saturated heterocycles. The zero-order valence-corrected chi connectivity index (χ0v) is 17.3. The van der Waals surface area contributed by atoms with Gasteiger partial charge >= 0.3 is 6.18 Å². The molecule has 1 aliphatic heterocycles. The molecule has 2 fully saturated rings. The van der Waals surface area contributed by atoms with E-state index in [1.165, 1.54) is 30.6 Å². The van der Waals surface area contributed by atoms with Crippen molar-refractivity contribution in [2.24, 2.45) is 5.92 Å². The van der Waals surface area contributed by atoms with E-state index < -0.39 is 17.6 Å². The van der Waals surface area contributed by atoms with Gasteiger partial charge in [-0.05, 0) is 49.1 Å². The molecule has 1 amide bonds. The fourth-order valence-electron chi connectivity index (χ4n) is 4.76. The monoisotopic (exact) mass is 457 g/mol. The summed E-state index contributed by atoms with van der Waals surface area (Å²) in [7, 11) is 0. The first-order valence-corrected chi connectivity index (χ1v) is 10.5. The zero-order chi connectivity index (χ0) is 23.2. The summed E-state index contributed by atoms with van der Waals surface area (Å²) in [5.74, 6) is -0.212. The standard InChI is InChI=1S/C23H19F4N5O/c24-16-4-1-3-15(20(16)21-28-7-2-8-29-21)22(33)32-12-13-9-17(18(32)10-13)31-19-6-5-14(11-30-19)23(25,26)27/h1-8,11,13,17-18H,9-10,12H2,(H,30,31). The molecule has 3 aromatic rings. The number of amides is 1. The van der Waals surface area contributed by atoms with Gasteiger partial charge in [0.15, 0.2) is 5.82 Å². The molecule has 3 atom stereocenters. The Morgan fingerprint density at radius 1 is 1.03 bits per heavy atom. The highest BCUT2D eigenvalue weighted by Crippen LogP contribution is 2.41. The summed E-state index contributed by atoms with van der Waals surface area (Å²) in [5.41, 5.74) is -0.584. The molecule has 1 aromatic carbocycles. The second-order valence-corrected chi connectivity index (χ2v) is 8.28. The molecule has 3 heterocycles. The van der Waals surface area contributed by atoms with Crippen LogP contribution in [-0.4, -0.2) is 44.4 Å². The van der Waals surface area contributed by atoms with E-state index in [0.29, 0.717) is 12.4 Å². The highest BCUT2D eigenvalue weighted by Gasteiger charge is 2.47. The number of rotatable bonds is 4. The van der Waals surface area contributed by atoms with E-state index in [2.05, 4.69) is 20.3 Å². The average Bonchev–Trinajstić information content (AvgIpc) is 3.39. The van der Waals surface area contributed by atoms with Crippen molar-refractivity contribution in [2.75, 3.05) is 11.9 Å². The van der Waals surface area contributed by atoms with Gasteiger partial charge in [0.05, 0.1) is 22.7 Å². The first-order valence-electron chi connectivity index (χ1n) is 10.5. The van der Waals surface area contributed by atoms with E-state index in [0.717, 1.165) is 25.1 Å². The van der Waals surface area contributed by atoms with Crippen LogP contribution in [0.1, 0.15) is 28.8 Å². The van der Waals surface area contributed by atoms with Crippen LogP contribution in [-0.2, 0) is 6.18 Å². The van der Waals surface area contributed by atoms with Gasteiger partial charge in [0, 0.05) is 31.2 Å². The van der Waals surface area contributed by atoms with Crippen LogP contribution in [0.2, 0.25) is 0 Å². The molecule has 1 N–H and O–H groups in total. The normalized spacial score (nSPS) is 21.9. The van der Waals surface area contributed by atoms with Gasteiger partial charge in [0.25, 0.3) is 5.91 Å². The second-order valence-electron chi connectivity index (χ2n) is 8.28. The molecule has 33 heavy (non-hydrogen) atoms. The molecule has 0 radical (unpaired) electrons. The quantitative estimate of drug-likeness (QED) is 0.588. The third-order valence-electron chi connectivity index (χ3n) is 6.20. The molecular formula is C23H19F4N5O. The van der Waals surface area contributed by atoms with E-state index in [1.54, 1.807) is 17.0 Å². The number of nitrogens with zero attached hydrogens (tertiary/aromatic N) is 4. The predicted octanol–water partition coefficient (Wildman–Crippen LogP) is 4.41. The molecule has 1 aliphatic carbocycles. The van der Waals surface area contributed by atoms with Crippen LogP contribution in [0.3, 0.4) is 0 Å². The van der Waals surface area contributed by atoms with Crippen LogP contribution in [0.25, 0.3) is 11.4 Å². The van der Waals surface area contributed by atoms with Gasteiger partial charge in [-0.15, -0.1) is 0 Å². The van der Waals surface area contributed by atoms with Gasteiger partial charge in [-0.3, -0.25) is 4.79 Å². The van der Waals surface area contributed by atoms with Gasteiger partial charge in [-0.1, -0.05) is 6.07 Å². The molecule has 1 saturated carbocycles. The lowest BCUT2D eigenvalue weighted by Crippen LogP contribution is -2.48. The zero-order valence-electron chi connectivity index (χ0n) is 17.3. The Labute approximate surface area is 186 Å². The number of halogens is 4. The minimum absolute atomic E-state index is 0.0554. The van der Waals surface area contributed by atoms with Crippen molar-refractivity contribution in [2.45, 2.75) is 31.1 Å². The van der Waals surface area contributed by atoms with E-state index in [-0.39, 0.29) is 40.9 Å². The van der Waals surface area contributed by atoms with Gasteiger partial charge in [0.2, 0.25) is 0 Å². The molecule has 0 spiro atoms. The second kappa shape index (κ2) is 8.09. The SMILES string of the molecule is O=C(c1cccc(F)c1-c1ncccn1)N1CC2CC(Nc3ccc(C(F)(F)F)cn3)C1C2. The number of pyridine rings is 1. The third-order valence-corrected chi connectivity index (χ3v) is 6.20. The molecule has 10 heteroatoms. The van der Waals surface area contributed by atoms with Crippen molar-refractivity contribution in [1.29, 1.82) is 0 Å². The Morgan fingerprint density at radius 2 is 1.82 bits per heavy atom. The van der Waals surface area contributed by atoms with Crippen molar-refractivity contribution in [1.82, 2.24) is 19.9 Å². The summed E-state index contributed by atoms with van der Waals surface area (Å²) in [6.07, 6.45) is 0.838. The van der Waals surface area contributed by atoms with Crippen molar-refractivity contribution in [3.05, 3.63) is 71.9 Å². The highest BCUT2D eigenvalue weighted by atomic mass is 19.4. The number of carbonyl (C=O) groups is 1. The molecule has 6 nitrogen and oxygen atoms in total. The van der Waals surface area contributed by atoms with Crippen molar-refractivity contribution in [3.63, 3.8) is 0 Å². The summed E-state index contributed by atoms with van der Waals surface area (Å²) < 4.78 is 53.1. The lowest BCUT2D eigenvalue weighted by molar-refractivity contribution is -0.137. The van der Waals surface area contributed by atoms with Crippen LogP contribution < -0.4 is 5.32 Å². The Bertz CT molecular complexity index is 1170. The fraction of sp³-hybridized carbons (Fsp3) is 0.304. The summed E-state index contributed by atoms with van der Waals surface area (Å²) in [5, 5.41) is 3.17. The number of hydrogen-bond donors (Lipinski definition) is 1. The maximum absolute atomic E-state index is 14.7. The summed E-state index contributed by atoms with van der Waals surface area (Å²) >= 11 is 0. The lowest BCUT2D eigenvalue weighted by atomic mass is 10.0. The molecule has 170 valence electrons. The Morgan fingerprint density at radius 3 is 2.48 bits per heavy atom. The largest absolute Gasteiger partial charge is 0.417 e. The number of nitrogens with one attached hydrogen (secondary N) is 1. The molecule has 2 aliphatic rings. The fourth-order valence-corrected chi connectivity index (χ4v) is 4.76. The minimum Gasteiger partial charge on any atom is -0.365 e. The Kier molecular flexibility index (Phi) is 5.22. The van der Waals surface area contributed by atoms with Crippen LogP contribution in [0.4, 0.5) is 23.4 Å². The number of anilines is 1. The molecule has 2 aromatic heterocycles. The number of fused-ring (bicyclic) bond motifs is 2. The van der Waals surface area contributed by atoms with Crippen LogP contribution in [0.5, 0.6) is 0 Å². The highest BCUT2D eigenvalue weighted by molar-refractivity contribution is 6.00. The van der Waals surface area contributed by atoms with Gasteiger partial charge in [0.1, 0.15) is 11.6 Å². The lowest BCUT2D eigenvalue weighted by Gasteiger charge is -2.34. The number of alkyl halides is 3. The topological polar surface area (TPSA) is 71.0 Å². The Balaban J connectivity index is 1.38. The van der Waals surface area contributed by atoms with E-state index >= 15 is 0 Å². The number of piperidine rings is 1. The van der Waals surface area contributed by atoms with Crippen molar-refractivity contribution in [3.8, 4) is 11.4 Å². The maximum Gasteiger partial charge on any atom is 0.417 e. The minimum atomic E-state index is -4.45. The Hall–Kier alpha value is -3.56. The average molecular weight is 457 g/mol. The number of likely N-dealkylation sites (tertiary alicyclic amines) is 1. The van der Waals surface area contributed by atoms with Gasteiger partial charge in [-0.2, -0.15) is 13.2 Å². The van der Waals surface area contributed by atoms with Crippen molar-refractivity contribution < 1.29 is 22.4 Å². The summed E-state index contributed by atoms with van der Waals surface area (Å²) in [4.78, 5) is 27.3. The third kappa shape index (κ3) is 4.01. The molecule has 3 unspecified atom stereocenters. The number of aromatic nitrogens is 3. The smallest absolute Gasteiger partial charge is 0.365 e. The number of benzene rings is 1. The molecule has 5 rings (SSSR count). The summed E-state index contributed by atoms with van der Waals surface area (Å²) in [6, 6.07) is 7.83. The van der Waals surface area contributed by atoms with Crippen LogP contribution >= 0.6 is 0 Å². The molecular weight excluding hydrogens is 438 g/mol.